The normalized spacial score (nSPS) is 22.4. The molecule has 0 saturated carbocycles. The number of hydrogen-bond donors (Lipinski definition) is 19. The van der Waals surface area contributed by atoms with Crippen LogP contribution in [0.15, 0.2) is 97.9 Å². The maximum absolute atomic E-state index is 14.9. The average molecular weight is 1430 g/mol. The van der Waals surface area contributed by atoms with E-state index < -0.39 is 96.1 Å². The summed E-state index contributed by atoms with van der Waals surface area (Å²) in [4.78, 5) is 65.3. The van der Waals surface area contributed by atoms with Crippen LogP contribution in [-0.2, 0) is 34.8 Å². The first-order valence-electron chi connectivity index (χ1n) is 31.3. The van der Waals surface area contributed by atoms with Crippen molar-refractivity contribution in [1.82, 2.24) is 31.9 Å². The summed E-state index contributed by atoms with van der Waals surface area (Å²) >= 11 is 24.6. The second kappa shape index (κ2) is 39.4. The summed E-state index contributed by atoms with van der Waals surface area (Å²) < 4.78 is 29.4. The molecule has 0 bridgehead atoms. The van der Waals surface area contributed by atoms with Crippen LogP contribution in [0.1, 0.15) is 100 Å². The molecule has 4 aliphatic heterocycles. The lowest BCUT2D eigenvalue weighted by atomic mass is 9.62. The van der Waals surface area contributed by atoms with E-state index in [9.17, 15) is 43.0 Å². The number of quaternary nitrogens is 1. The van der Waals surface area contributed by atoms with Crippen molar-refractivity contribution in [1.29, 1.82) is 0 Å². The molecule has 12 atom stereocenters. The molecule has 8 rings (SSSR count). The molecule has 0 aliphatic carbocycles. The largest absolute Gasteiger partial charge is 0.516 e. The fourth-order valence-electron chi connectivity index (χ4n) is 11.9. The molecule has 0 radical (unpaired) electrons. The SMILES string of the molecule is C=CNCC(=O)NCCC(O)CO.CC(C)(C)C[C@H]1N[C@@H](C(=O)NCCC(O)CO)[C@H](c2cccc(Cl)c2)[C@@]12C(=O)Nc1cc(Cl)c(F)cc12.CC1N[C@@H](C(=O)NCCC(O)CO)[C@H](c2cccc(Cl)c2)[C@@]12C(=O)Nc1cc(Cl)c(F)cc12.NCCC(O)CO.[NH3+]CC/C=C/O. The zero-order valence-corrected chi connectivity index (χ0v) is 57.1. The number of hydrogen-bond acceptors (Lipinski definition) is 18. The van der Waals surface area contributed by atoms with Gasteiger partial charge in [0.1, 0.15) is 22.5 Å². The van der Waals surface area contributed by atoms with Gasteiger partial charge in [0.15, 0.2) is 0 Å². The molecule has 2 spiro atoms. The summed E-state index contributed by atoms with van der Waals surface area (Å²) in [5.41, 5.74) is 8.71. The summed E-state index contributed by atoms with van der Waals surface area (Å²) in [5.74, 6) is -4.39. The van der Waals surface area contributed by atoms with Gasteiger partial charge in [-0.25, -0.2) is 8.78 Å². The second-order valence-electron chi connectivity index (χ2n) is 24.5. The van der Waals surface area contributed by atoms with Crippen molar-refractivity contribution in [3.8, 4) is 0 Å². The van der Waals surface area contributed by atoms with Gasteiger partial charge in [0, 0.05) is 71.4 Å². The van der Waals surface area contributed by atoms with Crippen molar-refractivity contribution in [3.63, 3.8) is 0 Å². The van der Waals surface area contributed by atoms with E-state index in [0.717, 1.165) is 19.2 Å². The Labute approximate surface area is 577 Å². The molecular weight excluding hydrogens is 1340 g/mol. The monoisotopic (exact) mass is 1430 g/mol. The summed E-state index contributed by atoms with van der Waals surface area (Å²) in [6.45, 7) is 12.1. The van der Waals surface area contributed by atoms with E-state index >= 15 is 0 Å². The van der Waals surface area contributed by atoms with Crippen LogP contribution in [0.25, 0.3) is 0 Å². The van der Waals surface area contributed by atoms with Gasteiger partial charge in [-0.05, 0) is 134 Å². The van der Waals surface area contributed by atoms with Crippen molar-refractivity contribution in [2.24, 2.45) is 11.1 Å². The number of halogens is 6. The quantitative estimate of drug-likeness (QED) is 0.0424. The predicted molar refractivity (Wildman–Crippen MR) is 364 cm³/mol. The highest BCUT2D eigenvalue weighted by atomic mass is 35.5. The molecule has 2 saturated heterocycles. The Morgan fingerprint density at radius 2 is 1.10 bits per heavy atom. The van der Waals surface area contributed by atoms with Crippen molar-refractivity contribution < 1.29 is 84.4 Å². The number of nitrogens with two attached hydrogens (primary N) is 1. The highest BCUT2D eigenvalue weighted by Gasteiger charge is 2.67. The second-order valence-corrected chi connectivity index (χ2v) is 26.2. The van der Waals surface area contributed by atoms with Crippen LogP contribution < -0.4 is 54.0 Å². The third-order valence-corrected chi connectivity index (χ3v) is 17.4. The third kappa shape index (κ3) is 21.7. The van der Waals surface area contributed by atoms with Gasteiger partial charge in [0.05, 0.1) is 92.3 Å². The highest BCUT2D eigenvalue weighted by molar-refractivity contribution is 6.32. The van der Waals surface area contributed by atoms with E-state index in [1.54, 1.807) is 55.5 Å². The van der Waals surface area contributed by atoms with Crippen molar-refractivity contribution >= 4 is 87.3 Å². The lowest BCUT2D eigenvalue weighted by Gasteiger charge is -2.37. The van der Waals surface area contributed by atoms with Crippen LogP contribution in [0.3, 0.4) is 0 Å². The fourth-order valence-corrected chi connectivity index (χ4v) is 12.6. The molecule has 5 amide bonds. The van der Waals surface area contributed by atoms with Crippen LogP contribution in [0, 0.1) is 17.0 Å². The molecule has 2 fully saturated rings. The molecule has 24 nitrogen and oxygen atoms in total. The standard InChI is InChI=1S/C27H32Cl2FN3O4.C23H24Cl2FN3O4.C8H16N2O3.C4H11NO2.C4H9NO/c1-26(2,3)12-21-27(17-10-19(30)18(29)11-20(17)32-25(27)37)22(14-5-4-6-15(28)9-14)23(33-21)24(36)31-8-7-16(35)13-34;1-11-23(15-8-17(26)16(25)9-18(15)29-22(23)33)19(12-3-2-4-13(24)7-12)20(28-11)21(32)27-6-5-14(31)10-30;1-2-9-5-8(13)10-4-3-7(12)6-11;5-2-1-4(7)3-6;5-3-1-2-4-6/h4-6,9-11,16,21-23,33-35H,7-8,12-13H2,1-3H3,(H,31,36)(H,32,37);2-4,7-9,11,14,19-20,28,30-31H,5-6,10H2,1H3,(H,27,32)(H,29,33);2,7,9,11-12H,1,3-6H2,(H,10,13);4,6-7H,1-3,5H2;2,4,6H,1,3,5H2/p+1/b;;;;4-2+/t16?,21-,22+,23-,27+;11?,14?,19-,20+,23+;;;/m10.../s1. The fraction of sp³-hybridized carbons (Fsp3) is 0.500. The van der Waals surface area contributed by atoms with E-state index in [-0.39, 0.29) is 90.7 Å². The summed E-state index contributed by atoms with van der Waals surface area (Å²) in [7, 11) is 0. The van der Waals surface area contributed by atoms with E-state index in [2.05, 4.69) is 54.8 Å². The van der Waals surface area contributed by atoms with Crippen LogP contribution >= 0.6 is 46.4 Å². The Morgan fingerprint density at radius 3 is 1.50 bits per heavy atom. The first-order valence-corrected chi connectivity index (χ1v) is 32.8. The third-order valence-electron chi connectivity index (χ3n) is 16.3. The van der Waals surface area contributed by atoms with Gasteiger partial charge in [-0.3, -0.25) is 24.0 Å². The molecule has 22 N–H and O–H groups in total. The number of rotatable bonds is 25. The first kappa shape index (κ1) is 82.3. The number of anilines is 2. The van der Waals surface area contributed by atoms with Gasteiger partial charge in [0.2, 0.25) is 29.5 Å². The number of benzene rings is 4. The van der Waals surface area contributed by atoms with E-state index in [0.29, 0.717) is 76.0 Å². The minimum absolute atomic E-state index is 0.106. The van der Waals surface area contributed by atoms with Crippen LogP contribution in [0.4, 0.5) is 20.2 Å². The lowest BCUT2D eigenvalue weighted by Crippen LogP contribution is -2.49. The van der Waals surface area contributed by atoms with Crippen molar-refractivity contribution in [3.05, 3.63) is 152 Å². The number of carbonyl (C=O) groups is 5. The van der Waals surface area contributed by atoms with Gasteiger partial charge in [0.25, 0.3) is 0 Å². The Kier molecular flexibility index (Phi) is 33.8. The molecular formula is C66H93Cl4F2N10O14+. The molecule has 0 aromatic heterocycles. The molecule has 30 heteroatoms. The smallest absolute Gasteiger partial charge is 0.239 e. The molecule has 532 valence electrons. The molecule has 4 aromatic carbocycles. The lowest BCUT2D eigenvalue weighted by molar-refractivity contribution is -0.366. The van der Waals surface area contributed by atoms with E-state index in [1.807, 2.05) is 26.8 Å². The maximum atomic E-state index is 14.9. The molecule has 4 aromatic rings. The summed E-state index contributed by atoms with van der Waals surface area (Å²) in [6.07, 6.45) is 3.43. The highest BCUT2D eigenvalue weighted by Crippen LogP contribution is 2.58. The van der Waals surface area contributed by atoms with Crippen LogP contribution in [-0.4, -0.2) is 190 Å². The zero-order valence-electron chi connectivity index (χ0n) is 54.1. The Bertz CT molecular complexity index is 3250. The minimum Gasteiger partial charge on any atom is -0.516 e. The number of nitrogens with one attached hydrogen (secondary N) is 8. The van der Waals surface area contributed by atoms with Crippen LogP contribution in [0.2, 0.25) is 20.1 Å². The topological polar surface area (TPSA) is 417 Å². The molecule has 5 unspecified atom stereocenters. The Balaban J connectivity index is 0.000000300. The number of amides is 5. The molecule has 4 aliphatic rings. The molecule has 4 heterocycles. The van der Waals surface area contributed by atoms with Gasteiger partial charge >= 0.3 is 0 Å². The van der Waals surface area contributed by atoms with E-state index in [1.165, 1.54) is 30.5 Å². The predicted octanol–water partition coefficient (Wildman–Crippen LogP) is 3.03. The first-order chi connectivity index (χ1) is 45.5. The number of fused-ring (bicyclic) bond motifs is 4. The minimum atomic E-state index is -1.33. The van der Waals surface area contributed by atoms with Gasteiger partial charge < -0.3 is 100.0 Å². The Morgan fingerprint density at radius 1 is 0.677 bits per heavy atom. The van der Waals surface area contributed by atoms with Crippen molar-refractivity contribution in [2.45, 2.75) is 137 Å². The van der Waals surface area contributed by atoms with E-state index in [4.69, 9.17) is 87.9 Å². The van der Waals surface area contributed by atoms with Gasteiger partial charge in [-0.15, -0.1) is 0 Å². The number of carbonyl (C=O) groups excluding carboxylic acids is 5. The van der Waals surface area contributed by atoms with Crippen molar-refractivity contribution in [2.75, 3.05) is 76.3 Å². The number of aliphatic hydroxyl groups is 9. The van der Waals surface area contributed by atoms with Gasteiger partial charge in [-0.2, -0.15) is 0 Å². The number of aliphatic hydroxyl groups excluding tert-OH is 9. The summed E-state index contributed by atoms with van der Waals surface area (Å²) in [5, 5.41) is 103. The maximum Gasteiger partial charge on any atom is 0.239 e. The average Bonchev–Trinajstić information content (AvgIpc) is 1.54. The molecule has 96 heavy (non-hydrogen) atoms. The Hall–Kier alpha value is -6.15. The van der Waals surface area contributed by atoms with Gasteiger partial charge in [-0.1, -0.05) is 98.0 Å². The van der Waals surface area contributed by atoms with Crippen LogP contribution in [0.5, 0.6) is 0 Å². The summed E-state index contributed by atoms with van der Waals surface area (Å²) in [6, 6.07) is 16.5. The zero-order chi connectivity index (χ0) is 71.7.